The molecule has 1 aromatic carbocycles. The van der Waals surface area contributed by atoms with Crippen LogP contribution in [0.5, 0.6) is 0 Å². The number of para-hydroxylation sites is 1. The summed E-state index contributed by atoms with van der Waals surface area (Å²) < 4.78 is 37.2. The van der Waals surface area contributed by atoms with E-state index in [0.29, 0.717) is 16.9 Å². The molecular weight excluding hydrogens is 248 g/mol. The molecule has 3 heteroatoms. The van der Waals surface area contributed by atoms with Gasteiger partial charge in [-0.25, -0.2) is 4.98 Å². The lowest BCUT2D eigenvalue weighted by Gasteiger charge is -2.00. The predicted molar refractivity (Wildman–Crippen MR) is 79.5 cm³/mol. The monoisotopic (exact) mass is 264 g/mol. The molecule has 0 spiro atoms. The second-order valence-electron chi connectivity index (χ2n) is 4.54. The third kappa shape index (κ3) is 1.60. The van der Waals surface area contributed by atoms with Crippen LogP contribution in [0.4, 0.5) is 0 Å². The van der Waals surface area contributed by atoms with Gasteiger partial charge in [-0.05, 0) is 37.2 Å². The van der Waals surface area contributed by atoms with Gasteiger partial charge in [0.15, 0.2) is 0 Å². The third-order valence-corrected chi connectivity index (χ3v) is 3.23. The number of nitrogens with zero attached hydrogens (tertiary/aromatic N) is 2. The highest BCUT2D eigenvalue weighted by Gasteiger charge is 2.13. The molecule has 3 nitrogen and oxygen atoms in total. The van der Waals surface area contributed by atoms with Crippen molar-refractivity contribution in [2.75, 3.05) is 0 Å². The van der Waals surface area contributed by atoms with Crippen LogP contribution in [-0.2, 0) is 0 Å². The summed E-state index contributed by atoms with van der Waals surface area (Å²) in [5.74, 6) is 0. The molecule has 3 heterocycles. The normalized spacial score (nSPS) is 14.1. The zero-order valence-corrected chi connectivity index (χ0v) is 10.7. The number of benzene rings is 1. The molecule has 0 aliphatic rings. The van der Waals surface area contributed by atoms with Gasteiger partial charge in [-0.3, -0.25) is 4.98 Å². The first-order valence-electron chi connectivity index (χ1n) is 8.21. The van der Waals surface area contributed by atoms with Crippen LogP contribution in [0, 0.1) is 6.92 Å². The third-order valence-electron chi connectivity index (χ3n) is 3.23. The van der Waals surface area contributed by atoms with Crippen LogP contribution in [0.2, 0.25) is 0 Å². The molecule has 3 aromatic heterocycles. The lowest BCUT2D eigenvalue weighted by atomic mass is 10.1. The van der Waals surface area contributed by atoms with E-state index in [1.807, 2.05) is 31.2 Å². The maximum Gasteiger partial charge on any atom is 0.227 e. The number of pyridine rings is 2. The van der Waals surface area contributed by atoms with Crippen molar-refractivity contribution in [2.45, 2.75) is 6.92 Å². The van der Waals surface area contributed by atoms with Gasteiger partial charge in [-0.15, -0.1) is 0 Å². The van der Waals surface area contributed by atoms with Crippen LogP contribution in [0.3, 0.4) is 0 Å². The van der Waals surface area contributed by atoms with Crippen molar-refractivity contribution in [3.63, 3.8) is 0 Å². The highest BCUT2D eigenvalue weighted by atomic mass is 16.3. The molecule has 0 aliphatic carbocycles. The zero-order chi connectivity index (χ0) is 17.0. The highest BCUT2D eigenvalue weighted by molar-refractivity contribution is 6.08. The molecule has 0 unspecified atom stereocenters. The summed E-state index contributed by atoms with van der Waals surface area (Å²) in [6.07, 6.45) is -0.326. The predicted octanol–water partition coefficient (Wildman–Crippen LogP) is 4.35. The van der Waals surface area contributed by atoms with Crippen molar-refractivity contribution in [3.05, 3.63) is 60.3 Å². The Balaban J connectivity index is 2.10. The van der Waals surface area contributed by atoms with Gasteiger partial charge in [0.25, 0.3) is 0 Å². The van der Waals surface area contributed by atoms with E-state index in [1.54, 1.807) is 6.07 Å². The van der Waals surface area contributed by atoms with Crippen LogP contribution in [0.25, 0.3) is 33.3 Å². The molecule has 0 bridgehead atoms. The van der Waals surface area contributed by atoms with Gasteiger partial charge in [0.1, 0.15) is 5.58 Å². The van der Waals surface area contributed by atoms with Crippen molar-refractivity contribution < 1.29 is 9.90 Å². The highest BCUT2D eigenvalue weighted by Crippen LogP contribution is 2.34. The van der Waals surface area contributed by atoms with E-state index in [0.717, 1.165) is 16.5 Å². The van der Waals surface area contributed by atoms with E-state index in [2.05, 4.69) is 9.97 Å². The second-order valence-corrected chi connectivity index (χ2v) is 4.54. The molecule has 0 aliphatic heterocycles. The van der Waals surface area contributed by atoms with Gasteiger partial charge in [-0.1, -0.05) is 18.2 Å². The van der Waals surface area contributed by atoms with E-state index in [-0.39, 0.29) is 30.0 Å². The lowest BCUT2D eigenvalue weighted by molar-refractivity contribution is 0.653. The first-order chi connectivity index (χ1) is 11.5. The fraction of sp³-hybridized carbons (Fsp3) is 0.0588. The topological polar surface area (TPSA) is 38.9 Å². The second kappa shape index (κ2) is 4.17. The molecule has 4 rings (SSSR count). The number of fused-ring (bicyclic) bond motifs is 3. The van der Waals surface area contributed by atoms with Crippen LogP contribution in [-0.4, -0.2) is 9.97 Å². The number of aryl methyl sites for hydroxylation is 1. The Morgan fingerprint density at radius 1 is 1.10 bits per heavy atom. The van der Waals surface area contributed by atoms with Gasteiger partial charge in [0.05, 0.1) is 11.2 Å². The Hall–Kier alpha value is -2.68. The fourth-order valence-corrected chi connectivity index (χ4v) is 2.32. The van der Waals surface area contributed by atoms with Crippen LogP contribution < -0.4 is 0 Å². The van der Waals surface area contributed by atoms with Crippen molar-refractivity contribution >= 4 is 22.1 Å². The quantitative estimate of drug-likeness (QED) is 0.513. The minimum Gasteiger partial charge on any atom is -0.437 e. The summed E-state index contributed by atoms with van der Waals surface area (Å²) in [7, 11) is 0. The Morgan fingerprint density at radius 3 is 3.00 bits per heavy atom. The maximum absolute atomic E-state index is 8.10. The van der Waals surface area contributed by atoms with Crippen molar-refractivity contribution in [2.24, 2.45) is 0 Å². The van der Waals surface area contributed by atoms with Crippen LogP contribution in [0.1, 0.15) is 11.2 Å². The Kier molecular flexibility index (Phi) is 1.62. The number of hydrogen-bond acceptors (Lipinski definition) is 3. The van der Waals surface area contributed by atoms with E-state index in [1.165, 1.54) is 0 Å². The minimum atomic E-state index is -0.349. The molecule has 0 amide bonds. The Labute approximate surface area is 121 Å². The smallest absolute Gasteiger partial charge is 0.227 e. The summed E-state index contributed by atoms with van der Waals surface area (Å²) in [5, 5.41) is 1.70. The molecule has 20 heavy (non-hydrogen) atoms. The molecule has 0 fully saturated rings. The number of rotatable bonds is 1. The van der Waals surface area contributed by atoms with E-state index >= 15 is 0 Å². The number of furan rings is 1. The first-order valence-corrected chi connectivity index (χ1v) is 6.21. The van der Waals surface area contributed by atoms with Crippen molar-refractivity contribution in [3.8, 4) is 11.3 Å². The molecule has 96 valence electrons. The summed E-state index contributed by atoms with van der Waals surface area (Å²) in [6, 6.07) is 8.43. The minimum absolute atomic E-state index is 0.169. The van der Waals surface area contributed by atoms with Gasteiger partial charge < -0.3 is 4.42 Å². The number of aromatic nitrogens is 2. The SMILES string of the molecule is [2H]c1nc(-c2cccc3c2oc2nc(C)ccc23)c([2H])c([2H])c1[2H]. The standard InChI is InChI=1S/C17H12N2O/c1-11-8-9-13-12-5-4-6-14(15-7-2-3-10-18-15)16(12)20-17(13)19-11/h2-10H,1H3/i2D,3D,7D,10D. The molecule has 0 N–H and O–H groups in total. The first kappa shape index (κ1) is 7.80. The maximum atomic E-state index is 8.10. The lowest BCUT2D eigenvalue weighted by Crippen LogP contribution is -1.81. The Morgan fingerprint density at radius 2 is 2.05 bits per heavy atom. The van der Waals surface area contributed by atoms with Crippen molar-refractivity contribution in [1.29, 1.82) is 0 Å². The number of hydrogen-bond donors (Lipinski definition) is 0. The van der Waals surface area contributed by atoms with Gasteiger partial charge in [-0.2, -0.15) is 0 Å². The average Bonchev–Trinajstić information content (AvgIpc) is 2.93. The van der Waals surface area contributed by atoms with Gasteiger partial charge in [0.2, 0.25) is 5.71 Å². The molecule has 0 saturated heterocycles. The van der Waals surface area contributed by atoms with E-state index in [9.17, 15) is 0 Å². The molecule has 0 atom stereocenters. The molecular formula is C17H12N2O. The molecule has 4 aromatic rings. The van der Waals surface area contributed by atoms with Crippen LogP contribution in [0.15, 0.2) is 59.0 Å². The van der Waals surface area contributed by atoms with E-state index in [4.69, 9.17) is 9.90 Å². The zero-order valence-electron chi connectivity index (χ0n) is 14.7. The molecule has 0 saturated carbocycles. The Bertz CT molecular complexity index is 1120. The van der Waals surface area contributed by atoms with Gasteiger partial charge in [0, 0.05) is 28.2 Å². The summed E-state index contributed by atoms with van der Waals surface area (Å²) in [6.45, 7) is 1.88. The largest absolute Gasteiger partial charge is 0.437 e. The summed E-state index contributed by atoms with van der Waals surface area (Å²) in [5.41, 5.74) is 2.54. The average molecular weight is 264 g/mol. The molecule has 0 radical (unpaired) electrons. The van der Waals surface area contributed by atoms with Crippen LogP contribution >= 0.6 is 0 Å². The summed E-state index contributed by atoms with van der Waals surface area (Å²) >= 11 is 0. The summed E-state index contributed by atoms with van der Waals surface area (Å²) in [4.78, 5) is 8.41. The van der Waals surface area contributed by atoms with Crippen molar-refractivity contribution in [1.82, 2.24) is 9.97 Å². The van der Waals surface area contributed by atoms with E-state index < -0.39 is 0 Å². The van der Waals surface area contributed by atoms with Gasteiger partial charge >= 0.3 is 0 Å². The fourth-order valence-electron chi connectivity index (χ4n) is 2.32.